The van der Waals surface area contributed by atoms with Gasteiger partial charge in [0.2, 0.25) is 0 Å². The third-order valence-electron chi connectivity index (χ3n) is 3.69. The highest BCUT2D eigenvalue weighted by atomic mass is 16.4. The molecule has 5 heteroatoms. The van der Waals surface area contributed by atoms with Gasteiger partial charge in [-0.3, -0.25) is 0 Å². The lowest BCUT2D eigenvalue weighted by Crippen LogP contribution is -2.44. The predicted molar refractivity (Wildman–Crippen MR) is 62.5 cm³/mol. The van der Waals surface area contributed by atoms with Crippen molar-refractivity contribution in [3.63, 3.8) is 0 Å². The molecule has 0 spiro atoms. The number of para-hydroxylation sites is 1. The molecule has 0 aromatic heterocycles. The Bertz CT molecular complexity index is 475. The third-order valence-corrected chi connectivity index (χ3v) is 3.69. The minimum atomic E-state index is -0.864. The lowest BCUT2D eigenvalue weighted by molar-refractivity contribution is 0.129. The Morgan fingerprint density at radius 2 is 2.29 bits per heavy atom. The number of nitrogens with zero attached hydrogens (tertiary/aromatic N) is 1. The minimum absolute atomic E-state index is 0.155. The van der Waals surface area contributed by atoms with Crippen LogP contribution in [0.15, 0.2) is 18.2 Å². The Kier molecular flexibility index (Phi) is 2.14. The van der Waals surface area contributed by atoms with Gasteiger partial charge in [-0.2, -0.15) is 0 Å². The van der Waals surface area contributed by atoms with E-state index >= 15 is 0 Å². The van der Waals surface area contributed by atoms with E-state index < -0.39 is 6.09 Å². The van der Waals surface area contributed by atoms with Crippen molar-refractivity contribution < 1.29 is 15.0 Å². The fraction of sp³-hybridized carbons (Fsp3) is 0.417. The Hall–Kier alpha value is -1.91. The molecule has 0 aliphatic carbocycles. The van der Waals surface area contributed by atoms with Gasteiger partial charge in [0.15, 0.2) is 0 Å². The van der Waals surface area contributed by atoms with Crippen LogP contribution >= 0.6 is 0 Å². The number of hydrogen-bond acceptors (Lipinski definition) is 3. The molecule has 1 saturated heterocycles. The monoisotopic (exact) mass is 234 g/mol. The molecule has 5 nitrogen and oxygen atoms in total. The first-order chi connectivity index (χ1) is 8.16. The summed E-state index contributed by atoms with van der Waals surface area (Å²) in [6, 6.07) is 5.66. The number of aromatic hydroxyl groups is 1. The summed E-state index contributed by atoms with van der Waals surface area (Å²) in [6.45, 7) is 1.06. The van der Waals surface area contributed by atoms with Crippen LogP contribution in [-0.2, 0) is 0 Å². The summed E-state index contributed by atoms with van der Waals surface area (Å²) in [5, 5.41) is 22.1. The van der Waals surface area contributed by atoms with Gasteiger partial charge >= 0.3 is 6.09 Å². The molecule has 0 saturated carbocycles. The van der Waals surface area contributed by atoms with Gasteiger partial charge < -0.3 is 20.4 Å². The van der Waals surface area contributed by atoms with Gasteiger partial charge in [0.05, 0.1) is 5.69 Å². The lowest BCUT2D eigenvalue weighted by Gasteiger charge is -2.33. The number of rotatable bonds is 0. The third kappa shape index (κ3) is 1.50. The maximum atomic E-state index is 11.0. The Labute approximate surface area is 98.7 Å². The molecule has 3 N–H and O–H groups in total. The van der Waals surface area contributed by atoms with Crippen LogP contribution in [0, 0.1) is 0 Å². The van der Waals surface area contributed by atoms with E-state index in [2.05, 4.69) is 5.32 Å². The van der Waals surface area contributed by atoms with Crippen molar-refractivity contribution in [1.29, 1.82) is 0 Å². The maximum absolute atomic E-state index is 11.0. The highest BCUT2D eigenvalue weighted by Gasteiger charge is 2.38. The van der Waals surface area contributed by atoms with E-state index in [9.17, 15) is 9.90 Å². The first kappa shape index (κ1) is 10.3. The molecule has 0 bridgehead atoms. The lowest BCUT2D eigenvalue weighted by atomic mass is 9.89. The van der Waals surface area contributed by atoms with Crippen LogP contribution in [0.25, 0.3) is 0 Å². The topological polar surface area (TPSA) is 72.8 Å². The van der Waals surface area contributed by atoms with Crippen LogP contribution in [0.1, 0.15) is 17.9 Å². The SMILES string of the molecule is O=C(O)N1CC[C@@H]2Nc3c(O)cccc3[C@@H]2C1. The quantitative estimate of drug-likeness (QED) is 0.597. The van der Waals surface area contributed by atoms with Crippen molar-refractivity contribution in [3.05, 3.63) is 23.8 Å². The number of carboxylic acid groups (broad SMARTS) is 1. The van der Waals surface area contributed by atoms with Crippen molar-refractivity contribution in [2.75, 3.05) is 18.4 Å². The fourth-order valence-corrected chi connectivity index (χ4v) is 2.82. The number of amides is 1. The molecule has 1 fully saturated rings. The molecule has 2 aliphatic rings. The van der Waals surface area contributed by atoms with E-state index in [1.54, 1.807) is 12.1 Å². The fourth-order valence-electron chi connectivity index (χ4n) is 2.82. The number of fused-ring (bicyclic) bond motifs is 3. The van der Waals surface area contributed by atoms with Crippen LogP contribution in [-0.4, -0.2) is 40.3 Å². The summed E-state index contributed by atoms with van der Waals surface area (Å²) in [6.07, 6.45) is -0.0810. The van der Waals surface area contributed by atoms with Gasteiger partial charge in [-0.15, -0.1) is 0 Å². The molecule has 90 valence electrons. The average Bonchev–Trinajstić information content (AvgIpc) is 2.68. The first-order valence-corrected chi connectivity index (χ1v) is 5.73. The summed E-state index contributed by atoms with van der Waals surface area (Å²) in [4.78, 5) is 12.4. The second kappa shape index (κ2) is 3.55. The largest absolute Gasteiger partial charge is 0.506 e. The van der Waals surface area contributed by atoms with Gasteiger partial charge in [-0.1, -0.05) is 12.1 Å². The molecule has 0 unspecified atom stereocenters. The normalized spacial score (nSPS) is 26.0. The van der Waals surface area contributed by atoms with Crippen molar-refractivity contribution in [3.8, 4) is 5.75 Å². The molecule has 17 heavy (non-hydrogen) atoms. The van der Waals surface area contributed by atoms with E-state index in [1.807, 2.05) is 6.07 Å². The molecule has 0 radical (unpaired) electrons. The molecule has 1 amide bonds. The Morgan fingerprint density at radius 1 is 1.47 bits per heavy atom. The Morgan fingerprint density at radius 3 is 3.06 bits per heavy atom. The van der Waals surface area contributed by atoms with Gasteiger partial charge in [0.1, 0.15) is 5.75 Å². The molecular formula is C12H14N2O3. The second-order valence-corrected chi connectivity index (χ2v) is 4.62. The van der Waals surface area contributed by atoms with Gasteiger partial charge in [-0.05, 0) is 18.1 Å². The molecular weight excluding hydrogens is 220 g/mol. The number of phenolic OH excluding ortho intramolecular Hbond substituents is 1. The zero-order valence-electron chi connectivity index (χ0n) is 9.26. The highest BCUT2D eigenvalue weighted by Crippen LogP contribution is 2.44. The number of likely N-dealkylation sites (tertiary alicyclic amines) is 1. The van der Waals surface area contributed by atoms with E-state index in [1.165, 1.54) is 4.90 Å². The van der Waals surface area contributed by atoms with E-state index in [0.29, 0.717) is 13.1 Å². The van der Waals surface area contributed by atoms with Crippen molar-refractivity contribution >= 4 is 11.8 Å². The number of piperidine rings is 1. The zero-order valence-corrected chi connectivity index (χ0v) is 9.26. The first-order valence-electron chi connectivity index (χ1n) is 5.73. The van der Waals surface area contributed by atoms with Crippen LogP contribution in [0.3, 0.4) is 0 Å². The van der Waals surface area contributed by atoms with Gasteiger partial charge in [0.25, 0.3) is 0 Å². The van der Waals surface area contributed by atoms with Crippen molar-refractivity contribution in [2.24, 2.45) is 0 Å². The predicted octanol–water partition coefficient (Wildman–Crippen LogP) is 1.65. The van der Waals surface area contributed by atoms with Crippen LogP contribution in [0.4, 0.5) is 10.5 Å². The summed E-state index contributed by atoms with van der Waals surface area (Å²) in [5.74, 6) is 0.403. The van der Waals surface area contributed by atoms with E-state index in [-0.39, 0.29) is 17.7 Å². The number of anilines is 1. The summed E-state index contributed by atoms with van der Waals surface area (Å²) >= 11 is 0. The number of carbonyl (C=O) groups is 1. The number of nitrogens with one attached hydrogen (secondary N) is 1. The molecule has 2 aliphatic heterocycles. The summed E-state index contributed by atoms with van der Waals surface area (Å²) < 4.78 is 0. The molecule has 2 heterocycles. The number of benzene rings is 1. The summed E-state index contributed by atoms with van der Waals surface area (Å²) in [5.41, 5.74) is 1.80. The van der Waals surface area contributed by atoms with Gasteiger partial charge in [0, 0.05) is 25.0 Å². The maximum Gasteiger partial charge on any atom is 0.407 e. The smallest absolute Gasteiger partial charge is 0.407 e. The minimum Gasteiger partial charge on any atom is -0.506 e. The number of hydrogen-bond donors (Lipinski definition) is 3. The average molecular weight is 234 g/mol. The summed E-state index contributed by atoms with van der Waals surface area (Å²) in [7, 11) is 0. The Balaban J connectivity index is 1.93. The molecule has 3 rings (SSSR count). The molecule has 1 aromatic rings. The van der Waals surface area contributed by atoms with E-state index in [4.69, 9.17) is 5.11 Å². The molecule has 1 aromatic carbocycles. The zero-order chi connectivity index (χ0) is 12.0. The van der Waals surface area contributed by atoms with Crippen LogP contribution in [0.2, 0.25) is 0 Å². The van der Waals surface area contributed by atoms with Crippen molar-refractivity contribution in [2.45, 2.75) is 18.4 Å². The van der Waals surface area contributed by atoms with Crippen LogP contribution in [0.5, 0.6) is 5.75 Å². The number of phenols is 1. The standard InChI is InChI=1S/C12H14N2O3/c15-10-3-1-2-7-8-6-14(12(16)17)5-4-9(8)13-11(7)10/h1-3,8-9,13,15H,4-6H2,(H,16,17)/t8-,9-/m0/s1. The van der Waals surface area contributed by atoms with E-state index in [0.717, 1.165) is 17.7 Å². The second-order valence-electron chi connectivity index (χ2n) is 4.62. The van der Waals surface area contributed by atoms with Gasteiger partial charge in [-0.25, -0.2) is 4.79 Å². The van der Waals surface area contributed by atoms with Crippen LogP contribution < -0.4 is 5.32 Å². The van der Waals surface area contributed by atoms with Crippen molar-refractivity contribution in [1.82, 2.24) is 4.90 Å². The highest BCUT2D eigenvalue weighted by molar-refractivity contribution is 5.70. The molecule has 2 atom stereocenters.